The molecule has 0 bridgehead atoms. The summed E-state index contributed by atoms with van der Waals surface area (Å²) in [6, 6.07) is 3.53. The van der Waals surface area contributed by atoms with Crippen LogP contribution in [0.5, 0.6) is 0 Å². The van der Waals surface area contributed by atoms with Crippen LogP contribution in [0.3, 0.4) is 0 Å². The number of unbranched alkanes of at least 4 members (excludes halogenated alkanes) is 2. The Labute approximate surface area is 78.4 Å². The van der Waals surface area contributed by atoms with Gasteiger partial charge < -0.3 is 4.98 Å². The minimum absolute atomic E-state index is 0.124. The molecule has 68 valence electrons. The van der Waals surface area contributed by atoms with Gasteiger partial charge in [0.1, 0.15) is 0 Å². The Morgan fingerprint density at radius 1 is 1.62 bits per heavy atom. The molecule has 1 aromatic rings. The van der Waals surface area contributed by atoms with E-state index in [-0.39, 0.29) is 5.78 Å². The van der Waals surface area contributed by atoms with E-state index < -0.39 is 0 Å². The van der Waals surface area contributed by atoms with Crippen LogP contribution in [0.15, 0.2) is 18.3 Å². The highest BCUT2D eigenvalue weighted by Crippen LogP contribution is 1.95. The average molecular weight is 175 g/mol. The first-order valence-corrected chi connectivity index (χ1v) is 4.51. The van der Waals surface area contributed by atoms with E-state index in [0.29, 0.717) is 5.69 Å². The molecule has 0 radical (unpaired) electrons. The number of nitrogens with one attached hydrogen (secondary N) is 1. The molecule has 1 heterocycles. The molecule has 13 heavy (non-hydrogen) atoms. The maximum atomic E-state index is 11.3. The normalized spacial score (nSPS) is 9.00. The van der Waals surface area contributed by atoms with Crippen LogP contribution in [-0.4, -0.2) is 10.8 Å². The second kappa shape index (κ2) is 5.21. The predicted molar refractivity (Wildman–Crippen MR) is 52.4 cm³/mol. The summed E-state index contributed by atoms with van der Waals surface area (Å²) in [6.07, 6.45) is 4.71. The zero-order valence-electron chi connectivity index (χ0n) is 7.76. The van der Waals surface area contributed by atoms with Gasteiger partial charge in [-0.1, -0.05) is 19.3 Å². The summed E-state index contributed by atoms with van der Waals surface area (Å²) in [5.74, 6) is 5.33. The highest BCUT2D eigenvalue weighted by molar-refractivity contribution is 6.07. The molecule has 0 aromatic carbocycles. The molecule has 0 saturated carbocycles. The minimum atomic E-state index is -0.124. The molecule has 0 spiro atoms. The van der Waals surface area contributed by atoms with Crippen LogP contribution >= 0.6 is 0 Å². The van der Waals surface area contributed by atoms with Crippen LogP contribution in [0.25, 0.3) is 0 Å². The van der Waals surface area contributed by atoms with Crippen molar-refractivity contribution in [3.8, 4) is 11.8 Å². The Balaban J connectivity index is 2.44. The number of H-pyrrole nitrogens is 1. The molecule has 1 N–H and O–H groups in total. The Bertz CT molecular complexity index is 314. The van der Waals surface area contributed by atoms with Gasteiger partial charge >= 0.3 is 0 Å². The lowest BCUT2D eigenvalue weighted by Gasteiger charge is -1.85. The number of aromatic nitrogens is 1. The van der Waals surface area contributed by atoms with Gasteiger partial charge in [-0.25, -0.2) is 0 Å². The highest BCUT2D eigenvalue weighted by atomic mass is 16.1. The lowest BCUT2D eigenvalue weighted by atomic mass is 10.2. The number of carbonyl (C=O) groups excluding carboxylic acids is 1. The van der Waals surface area contributed by atoms with Gasteiger partial charge in [0.25, 0.3) is 5.78 Å². The van der Waals surface area contributed by atoms with Gasteiger partial charge in [0.2, 0.25) is 0 Å². The maximum Gasteiger partial charge on any atom is 0.252 e. The third kappa shape index (κ3) is 3.16. The van der Waals surface area contributed by atoms with Crippen LogP contribution in [0, 0.1) is 11.8 Å². The summed E-state index contributed by atoms with van der Waals surface area (Å²) in [5, 5.41) is 0. The number of Topliss-reactive ketones (excluding diaryl/α,β-unsaturated/α-hetero) is 1. The first-order chi connectivity index (χ1) is 6.34. The van der Waals surface area contributed by atoms with E-state index >= 15 is 0 Å². The summed E-state index contributed by atoms with van der Waals surface area (Å²) in [6.45, 7) is 2.11. The maximum absolute atomic E-state index is 11.3. The van der Waals surface area contributed by atoms with Crippen molar-refractivity contribution >= 4 is 5.78 Å². The fraction of sp³-hybridized carbons (Fsp3) is 0.364. The molecule has 1 rings (SSSR count). The quantitative estimate of drug-likeness (QED) is 0.325. The zero-order chi connectivity index (χ0) is 9.52. The smallest absolute Gasteiger partial charge is 0.252 e. The molecular formula is C11H13NO. The zero-order valence-corrected chi connectivity index (χ0v) is 7.76. The third-order valence-electron chi connectivity index (χ3n) is 1.70. The van der Waals surface area contributed by atoms with E-state index in [1.54, 1.807) is 18.3 Å². The third-order valence-corrected chi connectivity index (χ3v) is 1.70. The molecular weight excluding hydrogens is 162 g/mol. The van der Waals surface area contributed by atoms with Crippen LogP contribution in [0.2, 0.25) is 0 Å². The van der Waals surface area contributed by atoms with Crippen molar-refractivity contribution in [1.82, 2.24) is 4.98 Å². The Morgan fingerprint density at radius 3 is 3.08 bits per heavy atom. The summed E-state index contributed by atoms with van der Waals surface area (Å²) in [7, 11) is 0. The molecule has 2 heteroatoms. The van der Waals surface area contributed by atoms with Gasteiger partial charge in [-0.3, -0.25) is 4.79 Å². The SMILES string of the molecule is CCCCC#CC(=O)c1ccc[nH]1. The molecule has 0 atom stereocenters. The molecule has 0 aliphatic heterocycles. The number of carbonyl (C=O) groups is 1. The van der Waals surface area contributed by atoms with Crippen LogP contribution in [0.4, 0.5) is 0 Å². The Hall–Kier alpha value is -1.49. The number of aromatic amines is 1. The molecule has 0 aliphatic carbocycles. The Morgan fingerprint density at radius 2 is 2.46 bits per heavy atom. The van der Waals surface area contributed by atoms with E-state index in [9.17, 15) is 4.79 Å². The first kappa shape index (κ1) is 9.60. The summed E-state index contributed by atoms with van der Waals surface area (Å²) >= 11 is 0. The largest absolute Gasteiger partial charge is 0.358 e. The predicted octanol–water partition coefficient (Wildman–Crippen LogP) is 2.39. The summed E-state index contributed by atoms with van der Waals surface area (Å²) < 4.78 is 0. The standard InChI is InChI=1S/C11H13NO/c1-2-3-4-5-8-11(13)10-7-6-9-12-10/h6-7,9,12H,2-4H2,1H3. The first-order valence-electron chi connectivity index (χ1n) is 4.51. The van der Waals surface area contributed by atoms with E-state index in [1.807, 2.05) is 0 Å². The highest BCUT2D eigenvalue weighted by Gasteiger charge is 1.99. The molecule has 0 aliphatic rings. The fourth-order valence-electron chi connectivity index (χ4n) is 0.947. The average Bonchev–Trinajstić information content (AvgIpc) is 2.65. The Kier molecular flexibility index (Phi) is 3.84. The van der Waals surface area contributed by atoms with Crippen LogP contribution < -0.4 is 0 Å². The van der Waals surface area contributed by atoms with Crippen LogP contribution in [-0.2, 0) is 0 Å². The van der Waals surface area contributed by atoms with E-state index in [1.165, 1.54) is 0 Å². The van der Waals surface area contributed by atoms with Gasteiger partial charge in [-0.2, -0.15) is 0 Å². The number of hydrogen-bond acceptors (Lipinski definition) is 1. The van der Waals surface area contributed by atoms with Gasteiger partial charge in [-0.05, 0) is 24.5 Å². The van der Waals surface area contributed by atoms with E-state index in [4.69, 9.17) is 0 Å². The summed E-state index contributed by atoms with van der Waals surface area (Å²) in [5.41, 5.74) is 0.573. The van der Waals surface area contributed by atoms with Gasteiger partial charge in [0, 0.05) is 12.6 Å². The minimum Gasteiger partial charge on any atom is -0.358 e. The van der Waals surface area contributed by atoms with Crippen molar-refractivity contribution in [2.75, 3.05) is 0 Å². The second-order valence-electron chi connectivity index (χ2n) is 2.82. The van der Waals surface area contributed by atoms with Crippen molar-refractivity contribution in [3.63, 3.8) is 0 Å². The van der Waals surface area contributed by atoms with Crippen molar-refractivity contribution in [1.29, 1.82) is 0 Å². The van der Waals surface area contributed by atoms with Gasteiger partial charge in [0.15, 0.2) is 0 Å². The molecule has 0 fully saturated rings. The molecule has 0 saturated heterocycles. The molecule has 0 unspecified atom stereocenters. The van der Waals surface area contributed by atoms with Gasteiger partial charge in [-0.15, -0.1) is 0 Å². The lowest BCUT2D eigenvalue weighted by molar-refractivity contribution is 0.105. The topological polar surface area (TPSA) is 32.9 Å². The van der Waals surface area contributed by atoms with E-state index in [0.717, 1.165) is 19.3 Å². The number of hydrogen-bond donors (Lipinski definition) is 1. The monoisotopic (exact) mass is 175 g/mol. The van der Waals surface area contributed by atoms with Crippen molar-refractivity contribution in [2.24, 2.45) is 0 Å². The van der Waals surface area contributed by atoms with Crippen molar-refractivity contribution in [2.45, 2.75) is 26.2 Å². The van der Waals surface area contributed by atoms with Gasteiger partial charge in [0.05, 0.1) is 5.69 Å². The number of ketones is 1. The van der Waals surface area contributed by atoms with Crippen molar-refractivity contribution in [3.05, 3.63) is 24.0 Å². The lowest BCUT2D eigenvalue weighted by Crippen LogP contribution is -1.94. The molecule has 0 amide bonds. The van der Waals surface area contributed by atoms with Crippen molar-refractivity contribution < 1.29 is 4.79 Å². The van der Waals surface area contributed by atoms with E-state index in [2.05, 4.69) is 23.7 Å². The second-order valence-corrected chi connectivity index (χ2v) is 2.82. The number of rotatable bonds is 3. The molecule has 2 nitrogen and oxygen atoms in total. The molecule has 1 aromatic heterocycles. The fourth-order valence-corrected chi connectivity index (χ4v) is 0.947. The van der Waals surface area contributed by atoms with Crippen LogP contribution in [0.1, 0.15) is 36.7 Å². The summed E-state index contributed by atoms with van der Waals surface area (Å²) in [4.78, 5) is 14.1.